The van der Waals surface area contributed by atoms with Crippen LogP contribution in [-0.2, 0) is 12.0 Å². The minimum absolute atomic E-state index is 0.157. The Morgan fingerprint density at radius 3 is 2.25 bits per heavy atom. The smallest absolute Gasteiger partial charge is 0.145 e. The Bertz CT molecular complexity index is 624. The van der Waals surface area contributed by atoms with Gasteiger partial charge in [-0.3, -0.25) is 0 Å². The second kappa shape index (κ2) is 5.58. The Labute approximate surface area is 123 Å². The topological polar surface area (TPSA) is 26.0 Å². The quantitative estimate of drug-likeness (QED) is 0.827. The molecule has 0 heterocycles. The number of hydrogen-bond donors (Lipinski definition) is 1. The summed E-state index contributed by atoms with van der Waals surface area (Å²) in [5, 5.41) is 0. The van der Waals surface area contributed by atoms with E-state index in [1.807, 2.05) is 0 Å². The third kappa shape index (κ3) is 3.04. The lowest BCUT2D eigenvalue weighted by atomic mass is 9.86. The molecular weight excluding hydrogens is 331 g/mol. The average Bonchev–Trinajstić information content (AvgIpc) is 2.37. The van der Waals surface area contributed by atoms with Crippen molar-refractivity contribution in [3.05, 3.63) is 69.4 Å². The van der Waals surface area contributed by atoms with E-state index in [-0.39, 0.29) is 22.3 Å². The SMILES string of the molecule is CC(N)(Cc1ccc(F)cc1)c1c(F)ccc(Br)c1F. The molecule has 0 saturated carbocycles. The van der Waals surface area contributed by atoms with Gasteiger partial charge in [-0.1, -0.05) is 12.1 Å². The molecule has 0 aliphatic rings. The minimum Gasteiger partial charge on any atom is -0.321 e. The first-order chi connectivity index (χ1) is 9.31. The molecule has 0 spiro atoms. The van der Waals surface area contributed by atoms with Crippen LogP contribution >= 0.6 is 15.9 Å². The first kappa shape index (κ1) is 15.1. The van der Waals surface area contributed by atoms with Gasteiger partial charge in [-0.2, -0.15) is 0 Å². The molecule has 0 radical (unpaired) electrons. The van der Waals surface area contributed by atoms with Crippen LogP contribution in [0.1, 0.15) is 18.1 Å². The summed E-state index contributed by atoms with van der Waals surface area (Å²) in [6.07, 6.45) is 0.192. The van der Waals surface area contributed by atoms with E-state index in [4.69, 9.17) is 5.73 Å². The van der Waals surface area contributed by atoms with Gasteiger partial charge in [0.1, 0.15) is 17.5 Å². The number of hydrogen-bond acceptors (Lipinski definition) is 1. The standard InChI is InChI=1S/C15H13BrF3N/c1-15(20,8-9-2-4-10(17)5-3-9)13-12(18)7-6-11(16)14(13)19/h2-7H,8,20H2,1H3. The molecule has 0 bridgehead atoms. The number of nitrogens with two attached hydrogens (primary N) is 1. The second-order valence-corrected chi connectivity index (χ2v) is 5.79. The van der Waals surface area contributed by atoms with Crippen molar-refractivity contribution < 1.29 is 13.2 Å². The molecule has 1 atom stereocenters. The van der Waals surface area contributed by atoms with Gasteiger partial charge >= 0.3 is 0 Å². The van der Waals surface area contributed by atoms with Gasteiger partial charge in [-0.25, -0.2) is 13.2 Å². The Hall–Kier alpha value is -1.33. The van der Waals surface area contributed by atoms with Crippen molar-refractivity contribution in [2.24, 2.45) is 5.73 Å². The Morgan fingerprint density at radius 1 is 1.05 bits per heavy atom. The zero-order valence-corrected chi connectivity index (χ0v) is 12.3. The largest absolute Gasteiger partial charge is 0.321 e. The summed E-state index contributed by atoms with van der Waals surface area (Å²) in [6, 6.07) is 8.14. The van der Waals surface area contributed by atoms with Crippen LogP contribution in [0.25, 0.3) is 0 Å². The van der Waals surface area contributed by atoms with Crippen LogP contribution in [0.3, 0.4) is 0 Å². The number of halogens is 4. The lowest BCUT2D eigenvalue weighted by molar-refractivity contribution is 0.423. The van der Waals surface area contributed by atoms with E-state index < -0.39 is 17.2 Å². The molecule has 1 nitrogen and oxygen atoms in total. The normalized spacial score (nSPS) is 14.1. The van der Waals surface area contributed by atoms with Crippen molar-refractivity contribution in [2.45, 2.75) is 18.9 Å². The summed E-state index contributed by atoms with van der Waals surface area (Å²) in [5.41, 5.74) is 5.36. The van der Waals surface area contributed by atoms with Crippen LogP contribution < -0.4 is 5.73 Å². The maximum absolute atomic E-state index is 14.1. The van der Waals surface area contributed by atoms with E-state index in [0.29, 0.717) is 5.56 Å². The number of rotatable bonds is 3. The van der Waals surface area contributed by atoms with Crippen LogP contribution in [0, 0.1) is 17.5 Å². The molecule has 1 unspecified atom stereocenters. The van der Waals surface area contributed by atoms with Gasteiger partial charge < -0.3 is 5.73 Å². The molecule has 0 aromatic heterocycles. The monoisotopic (exact) mass is 343 g/mol. The summed E-state index contributed by atoms with van der Waals surface area (Å²) < 4.78 is 41.0. The van der Waals surface area contributed by atoms with Gasteiger partial charge in [0, 0.05) is 11.1 Å². The van der Waals surface area contributed by atoms with Crippen molar-refractivity contribution in [3.8, 4) is 0 Å². The first-order valence-corrected chi connectivity index (χ1v) is 6.78. The van der Waals surface area contributed by atoms with E-state index in [0.717, 1.165) is 6.07 Å². The van der Waals surface area contributed by atoms with E-state index >= 15 is 0 Å². The predicted octanol–water partition coefficient (Wildman–Crippen LogP) is 4.28. The Kier molecular flexibility index (Phi) is 4.20. The van der Waals surface area contributed by atoms with Crippen molar-refractivity contribution in [3.63, 3.8) is 0 Å². The van der Waals surface area contributed by atoms with E-state index in [2.05, 4.69) is 15.9 Å². The summed E-state index contributed by atoms with van der Waals surface area (Å²) in [4.78, 5) is 0. The molecule has 0 aliphatic carbocycles. The lowest BCUT2D eigenvalue weighted by Crippen LogP contribution is -2.37. The Balaban J connectivity index is 2.40. The van der Waals surface area contributed by atoms with Crippen molar-refractivity contribution in [1.82, 2.24) is 0 Å². The highest BCUT2D eigenvalue weighted by atomic mass is 79.9. The Morgan fingerprint density at radius 2 is 1.65 bits per heavy atom. The third-order valence-electron chi connectivity index (χ3n) is 3.10. The first-order valence-electron chi connectivity index (χ1n) is 5.98. The zero-order chi connectivity index (χ0) is 14.9. The summed E-state index contributed by atoms with van der Waals surface area (Å²) in [6.45, 7) is 1.55. The second-order valence-electron chi connectivity index (χ2n) is 4.94. The van der Waals surface area contributed by atoms with Gasteiger partial charge in [0.25, 0.3) is 0 Å². The molecular formula is C15H13BrF3N. The minimum atomic E-state index is -1.24. The molecule has 5 heteroatoms. The van der Waals surface area contributed by atoms with Gasteiger partial charge in [-0.05, 0) is 59.1 Å². The fraction of sp³-hybridized carbons (Fsp3) is 0.200. The van der Waals surface area contributed by atoms with Gasteiger partial charge in [0.05, 0.1) is 4.47 Å². The highest BCUT2D eigenvalue weighted by Crippen LogP contribution is 2.31. The van der Waals surface area contributed by atoms with Crippen molar-refractivity contribution in [1.29, 1.82) is 0 Å². The van der Waals surface area contributed by atoms with Crippen LogP contribution in [0.15, 0.2) is 40.9 Å². The van der Waals surface area contributed by atoms with E-state index in [1.54, 1.807) is 19.1 Å². The van der Waals surface area contributed by atoms with Gasteiger partial charge in [0.2, 0.25) is 0 Å². The van der Waals surface area contributed by atoms with Crippen molar-refractivity contribution in [2.75, 3.05) is 0 Å². The maximum atomic E-state index is 14.1. The fourth-order valence-electron chi connectivity index (χ4n) is 2.17. The van der Waals surface area contributed by atoms with Crippen molar-refractivity contribution >= 4 is 15.9 Å². The summed E-state index contributed by atoms with van der Waals surface area (Å²) in [5.74, 6) is -1.78. The van der Waals surface area contributed by atoms with E-state index in [9.17, 15) is 13.2 Å². The molecule has 106 valence electrons. The summed E-state index contributed by atoms with van der Waals surface area (Å²) in [7, 11) is 0. The average molecular weight is 344 g/mol. The van der Waals surface area contributed by atoms with Gasteiger partial charge in [0.15, 0.2) is 0 Å². The lowest BCUT2D eigenvalue weighted by Gasteiger charge is -2.26. The predicted molar refractivity (Wildman–Crippen MR) is 75.7 cm³/mol. The molecule has 2 N–H and O–H groups in total. The molecule has 0 aliphatic heterocycles. The van der Waals surface area contributed by atoms with Crippen LogP contribution in [0.4, 0.5) is 13.2 Å². The van der Waals surface area contributed by atoms with Crippen LogP contribution in [0.5, 0.6) is 0 Å². The van der Waals surface area contributed by atoms with Gasteiger partial charge in [-0.15, -0.1) is 0 Å². The highest BCUT2D eigenvalue weighted by molar-refractivity contribution is 9.10. The molecule has 2 rings (SSSR count). The number of benzene rings is 2. The zero-order valence-electron chi connectivity index (χ0n) is 10.8. The molecule has 2 aromatic rings. The summed E-state index contributed by atoms with van der Waals surface area (Å²) >= 11 is 3.02. The third-order valence-corrected chi connectivity index (χ3v) is 3.71. The molecule has 2 aromatic carbocycles. The highest BCUT2D eigenvalue weighted by Gasteiger charge is 2.30. The van der Waals surface area contributed by atoms with Crippen LogP contribution in [-0.4, -0.2) is 0 Å². The van der Waals surface area contributed by atoms with Crippen LogP contribution in [0.2, 0.25) is 0 Å². The molecule has 0 fully saturated rings. The molecule has 0 saturated heterocycles. The fourth-order valence-corrected chi connectivity index (χ4v) is 2.50. The van der Waals surface area contributed by atoms with E-state index in [1.165, 1.54) is 18.2 Å². The molecule has 20 heavy (non-hydrogen) atoms. The maximum Gasteiger partial charge on any atom is 0.145 e. The molecule has 0 amide bonds.